The first-order valence-corrected chi connectivity index (χ1v) is 6.76. The molecule has 1 aliphatic carbocycles. The van der Waals surface area contributed by atoms with Gasteiger partial charge in [0.05, 0.1) is 0 Å². The average Bonchev–Trinajstić information content (AvgIpc) is 3.13. The molecule has 4 heteroatoms. The number of nitrogens with two attached hydrogens (primary N) is 1. The average molecular weight is 249 g/mol. The van der Waals surface area contributed by atoms with Crippen molar-refractivity contribution in [2.75, 3.05) is 7.11 Å². The Morgan fingerprint density at radius 2 is 2.17 bits per heavy atom. The van der Waals surface area contributed by atoms with E-state index in [0.29, 0.717) is 5.92 Å². The molecule has 18 heavy (non-hydrogen) atoms. The Balaban J connectivity index is 2.19. The first-order valence-electron chi connectivity index (χ1n) is 6.76. The van der Waals surface area contributed by atoms with Gasteiger partial charge in [-0.15, -0.1) is 0 Å². The fourth-order valence-corrected chi connectivity index (χ4v) is 2.21. The van der Waals surface area contributed by atoms with Crippen molar-refractivity contribution in [1.82, 2.24) is 9.97 Å². The molecule has 1 aromatic heterocycles. The van der Waals surface area contributed by atoms with Gasteiger partial charge in [-0.25, -0.2) is 9.97 Å². The van der Waals surface area contributed by atoms with Crippen molar-refractivity contribution in [2.24, 2.45) is 11.7 Å². The molecule has 1 aromatic rings. The quantitative estimate of drug-likeness (QED) is 0.839. The van der Waals surface area contributed by atoms with Gasteiger partial charge in [0.25, 0.3) is 0 Å². The van der Waals surface area contributed by atoms with Crippen LogP contribution in [-0.4, -0.2) is 23.1 Å². The molecule has 100 valence electrons. The van der Waals surface area contributed by atoms with Crippen molar-refractivity contribution in [2.45, 2.75) is 51.7 Å². The van der Waals surface area contributed by atoms with Crippen molar-refractivity contribution in [1.29, 1.82) is 0 Å². The van der Waals surface area contributed by atoms with Crippen LogP contribution in [0.4, 0.5) is 0 Å². The van der Waals surface area contributed by atoms with E-state index in [1.165, 1.54) is 12.8 Å². The lowest BCUT2D eigenvalue weighted by atomic mass is 10.1. The summed E-state index contributed by atoms with van der Waals surface area (Å²) in [6.45, 7) is 4.10. The predicted octanol–water partition coefficient (Wildman–Crippen LogP) is 2.16. The highest BCUT2D eigenvalue weighted by molar-refractivity contribution is 5.13. The summed E-state index contributed by atoms with van der Waals surface area (Å²) in [5.74, 6) is 1.43. The van der Waals surface area contributed by atoms with E-state index >= 15 is 0 Å². The summed E-state index contributed by atoms with van der Waals surface area (Å²) in [4.78, 5) is 9.16. The second-order valence-corrected chi connectivity index (χ2v) is 5.23. The fourth-order valence-electron chi connectivity index (χ4n) is 2.21. The van der Waals surface area contributed by atoms with Gasteiger partial charge in [-0.1, -0.05) is 6.92 Å². The first-order chi connectivity index (χ1) is 8.63. The molecular weight excluding hydrogens is 226 g/mol. The van der Waals surface area contributed by atoms with E-state index in [2.05, 4.69) is 16.9 Å². The molecule has 0 amide bonds. The molecule has 2 N–H and O–H groups in total. The molecule has 0 aliphatic heterocycles. The number of aromatic nitrogens is 2. The molecular formula is C14H23N3O. The van der Waals surface area contributed by atoms with E-state index in [1.807, 2.05) is 13.0 Å². The maximum Gasteiger partial charge on any atom is 0.157 e. The molecule has 0 saturated heterocycles. The first kappa shape index (κ1) is 13.4. The summed E-state index contributed by atoms with van der Waals surface area (Å²) in [6, 6.07) is 2.20. The van der Waals surface area contributed by atoms with Crippen molar-refractivity contribution >= 4 is 0 Å². The minimum absolute atomic E-state index is 0.0569. The second-order valence-electron chi connectivity index (χ2n) is 5.23. The second kappa shape index (κ2) is 5.76. The summed E-state index contributed by atoms with van der Waals surface area (Å²) < 4.78 is 5.55. The zero-order valence-corrected chi connectivity index (χ0v) is 11.5. The van der Waals surface area contributed by atoms with Crippen LogP contribution in [0.15, 0.2) is 6.07 Å². The highest BCUT2D eigenvalue weighted by Gasteiger charge is 2.34. The topological polar surface area (TPSA) is 61.0 Å². The number of methoxy groups -OCH3 is 1. The normalized spacial score (nSPS) is 18.7. The van der Waals surface area contributed by atoms with Gasteiger partial charge in [0, 0.05) is 31.0 Å². The smallest absolute Gasteiger partial charge is 0.157 e. The van der Waals surface area contributed by atoms with Crippen molar-refractivity contribution < 1.29 is 4.74 Å². The molecule has 0 aromatic carbocycles. The summed E-state index contributed by atoms with van der Waals surface area (Å²) in [6.07, 6.45) is 4.28. The molecule has 0 radical (unpaired) electrons. The van der Waals surface area contributed by atoms with E-state index in [-0.39, 0.29) is 12.1 Å². The maximum absolute atomic E-state index is 5.99. The Bertz CT molecular complexity index is 404. The number of ether oxygens (including phenoxy) is 1. The molecule has 1 fully saturated rings. The SMILES string of the molecule is CCC(N)Cc1cc(C)nc(C(OC)C2CC2)n1. The van der Waals surface area contributed by atoms with Gasteiger partial charge >= 0.3 is 0 Å². The Morgan fingerprint density at radius 3 is 2.72 bits per heavy atom. The van der Waals surface area contributed by atoms with Crippen molar-refractivity contribution in [3.8, 4) is 0 Å². The number of nitrogens with zero attached hydrogens (tertiary/aromatic N) is 2. The zero-order valence-electron chi connectivity index (χ0n) is 11.5. The maximum atomic E-state index is 5.99. The third-order valence-electron chi connectivity index (χ3n) is 3.48. The minimum atomic E-state index is 0.0569. The molecule has 1 aliphatic rings. The van der Waals surface area contributed by atoms with Gasteiger partial charge in [-0.3, -0.25) is 0 Å². The molecule has 1 heterocycles. The summed E-state index contributed by atoms with van der Waals surface area (Å²) in [5.41, 5.74) is 8.03. The van der Waals surface area contributed by atoms with Gasteiger partial charge in [-0.2, -0.15) is 0 Å². The molecule has 0 spiro atoms. The van der Waals surface area contributed by atoms with Crippen LogP contribution in [0.3, 0.4) is 0 Å². The van der Waals surface area contributed by atoms with E-state index < -0.39 is 0 Å². The minimum Gasteiger partial charge on any atom is -0.373 e. The lowest BCUT2D eigenvalue weighted by molar-refractivity contribution is 0.0768. The predicted molar refractivity (Wildman–Crippen MR) is 71.2 cm³/mol. The largest absolute Gasteiger partial charge is 0.373 e. The van der Waals surface area contributed by atoms with E-state index in [4.69, 9.17) is 10.5 Å². The molecule has 0 bridgehead atoms. The molecule has 2 rings (SSSR count). The van der Waals surface area contributed by atoms with Crippen LogP contribution in [0, 0.1) is 12.8 Å². The zero-order chi connectivity index (χ0) is 13.1. The van der Waals surface area contributed by atoms with Crippen LogP contribution >= 0.6 is 0 Å². The van der Waals surface area contributed by atoms with Crippen LogP contribution in [0.5, 0.6) is 0 Å². The number of rotatable bonds is 6. The summed E-state index contributed by atoms with van der Waals surface area (Å²) in [7, 11) is 1.74. The molecule has 4 nitrogen and oxygen atoms in total. The van der Waals surface area contributed by atoms with E-state index in [9.17, 15) is 0 Å². The van der Waals surface area contributed by atoms with Crippen LogP contribution in [-0.2, 0) is 11.2 Å². The number of aryl methyl sites for hydroxylation is 1. The molecule has 2 unspecified atom stereocenters. The van der Waals surface area contributed by atoms with Crippen molar-refractivity contribution in [3.05, 3.63) is 23.3 Å². The Labute approximate surface area is 109 Å². The van der Waals surface area contributed by atoms with Gasteiger partial charge in [0.2, 0.25) is 0 Å². The Kier molecular flexibility index (Phi) is 4.30. The van der Waals surface area contributed by atoms with Gasteiger partial charge in [0.15, 0.2) is 5.82 Å². The highest BCUT2D eigenvalue weighted by Crippen LogP contribution is 2.41. The van der Waals surface area contributed by atoms with Crippen LogP contribution in [0.25, 0.3) is 0 Å². The Hall–Kier alpha value is -1.00. The lowest BCUT2D eigenvalue weighted by Gasteiger charge is -2.15. The third kappa shape index (κ3) is 3.27. The van der Waals surface area contributed by atoms with Gasteiger partial charge in [-0.05, 0) is 38.2 Å². The monoisotopic (exact) mass is 249 g/mol. The summed E-state index contributed by atoms with van der Waals surface area (Å²) in [5, 5.41) is 0. The van der Waals surface area contributed by atoms with Crippen LogP contribution < -0.4 is 5.73 Å². The van der Waals surface area contributed by atoms with E-state index in [0.717, 1.165) is 30.1 Å². The Morgan fingerprint density at radius 1 is 1.44 bits per heavy atom. The standard InChI is InChI=1S/C14H23N3O/c1-4-11(15)8-12-7-9(2)16-14(17-12)13(18-3)10-5-6-10/h7,10-11,13H,4-6,8,15H2,1-3H3. The highest BCUT2D eigenvalue weighted by atomic mass is 16.5. The third-order valence-corrected chi connectivity index (χ3v) is 3.48. The molecule has 2 atom stereocenters. The van der Waals surface area contributed by atoms with Gasteiger partial charge < -0.3 is 10.5 Å². The van der Waals surface area contributed by atoms with Crippen LogP contribution in [0.1, 0.15) is 49.5 Å². The van der Waals surface area contributed by atoms with E-state index in [1.54, 1.807) is 7.11 Å². The number of hydrogen-bond donors (Lipinski definition) is 1. The lowest BCUT2D eigenvalue weighted by Crippen LogP contribution is -2.23. The van der Waals surface area contributed by atoms with Crippen molar-refractivity contribution in [3.63, 3.8) is 0 Å². The van der Waals surface area contributed by atoms with Gasteiger partial charge in [0.1, 0.15) is 6.10 Å². The summed E-state index contributed by atoms with van der Waals surface area (Å²) >= 11 is 0. The fraction of sp³-hybridized carbons (Fsp3) is 0.714. The molecule has 1 saturated carbocycles. The van der Waals surface area contributed by atoms with Crippen LogP contribution in [0.2, 0.25) is 0 Å². The number of hydrogen-bond acceptors (Lipinski definition) is 4.